The molecule has 19 heavy (non-hydrogen) atoms. The fraction of sp³-hybridized carbons (Fsp3) is 0.214. The highest BCUT2D eigenvalue weighted by atomic mass is 19.1. The number of nitrogens with zero attached hydrogens (tertiary/aromatic N) is 1. The maximum absolute atomic E-state index is 13.2. The summed E-state index contributed by atoms with van der Waals surface area (Å²) < 4.78 is 18.4. The lowest BCUT2D eigenvalue weighted by Crippen LogP contribution is -2.30. The Hall–Kier alpha value is -1.98. The molecule has 0 aliphatic rings. The quantitative estimate of drug-likeness (QED) is 0.638. The number of aromatic nitrogens is 1. The molecule has 0 fully saturated rings. The zero-order chi connectivity index (χ0) is 13.7. The van der Waals surface area contributed by atoms with E-state index < -0.39 is 0 Å². The number of benzene rings is 1. The van der Waals surface area contributed by atoms with Gasteiger partial charge in [0.15, 0.2) is 0 Å². The van der Waals surface area contributed by atoms with Gasteiger partial charge >= 0.3 is 0 Å². The SMILES string of the molecule is COc1ncccc1C(Cc1cccc(F)c1)NN. The Morgan fingerprint density at radius 3 is 2.89 bits per heavy atom. The number of halogens is 1. The van der Waals surface area contributed by atoms with Gasteiger partial charge in [-0.3, -0.25) is 11.3 Å². The number of nitrogens with two attached hydrogens (primary N) is 1. The lowest BCUT2D eigenvalue weighted by Gasteiger charge is -2.18. The lowest BCUT2D eigenvalue weighted by atomic mass is 10.0. The standard InChI is InChI=1S/C14H16FN3O/c1-19-14-12(6-3-7-17-14)13(18-16)9-10-4-2-5-11(15)8-10/h2-8,13,18H,9,16H2,1H3. The smallest absolute Gasteiger partial charge is 0.217 e. The molecule has 0 spiro atoms. The Morgan fingerprint density at radius 2 is 2.21 bits per heavy atom. The molecule has 0 aliphatic carbocycles. The van der Waals surface area contributed by atoms with E-state index in [1.54, 1.807) is 19.4 Å². The maximum atomic E-state index is 13.2. The van der Waals surface area contributed by atoms with Crippen LogP contribution in [0.15, 0.2) is 42.6 Å². The van der Waals surface area contributed by atoms with Crippen molar-refractivity contribution in [3.8, 4) is 5.88 Å². The predicted octanol–water partition coefficient (Wildman–Crippen LogP) is 1.98. The van der Waals surface area contributed by atoms with Gasteiger partial charge in [-0.05, 0) is 30.2 Å². The first-order chi connectivity index (χ1) is 9.24. The predicted molar refractivity (Wildman–Crippen MR) is 71.0 cm³/mol. The second-order valence-corrected chi connectivity index (χ2v) is 4.16. The number of ether oxygens (including phenoxy) is 1. The Kier molecular flexibility index (Phi) is 4.43. The molecule has 1 atom stereocenters. The second kappa shape index (κ2) is 6.26. The van der Waals surface area contributed by atoms with Crippen molar-refractivity contribution in [1.82, 2.24) is 10.4 Å². The molecular weight excluding hydrogens is 245 g/mol. The van der Waals surface area contributed by atoms with Crippen LogP contribution in [-0.2, 0) is 6.42 Å². The minimum Gasteiger partial charge on any atom is -0.481 e. The molecule has 0 bridgehead atoms. The largest absolute Gasteiger partial charge is 0.481 e. The number of methoxy groups -OCH3 is 1. The second-order valence-electron chi connectivity index (χ2n) is 4.16. The van der Waals surface area contributed by atoms with Gasteiger partial charge in [0.1, 0.15) is 5.82 Å². The van der Waals surface area contributed by atoms with Crippen molar-refractivity contribution < 1.29 is 9.13 Å². The molecule has 1 aromatic carbocycles. The summed E-state index contributed by atoms with van der Waals surface area (Å²) in [7, 11) is 1.56. The van der Waals surface area contributed by atoms with Crippen LogP contribution in [0.2, 0.25) is 0 Å². The van der Waals surface area contributed by atoms with E-state index >= 15 is 0 Å². The van der Waals surface area contributed by atoms with E-state index in [9.17, 15) is 4.39 Å². The molecule has 5 heteroatoms. The summed E-state index contributed by atoms with van der Waals surface area (Å²) in [6.07, 6.45) is 2.20. The highest BCUT2D eigenvalue weighted by Crippen LogP contribution is 2.25. The van der Waals surface area contributed by atoms with Crippen LogP contribution in [0.25, 0.3) is 0 Å². The molecule has 0 saturated heterocycles. The molecule has 1 unspecified atom stereocenters. The highest BCUT2D eigenvalue weighted by molar-refractivity contribution is 5.31. The van der Waals surface area contributed by atoms with Crippen LogP contribution in [0.3, 0.4) is 0 Å². The fourth-order valence-corrected chi connectivity index (χ4v) is 2.00. The summed E-state index contributed by atoms with van der Waals surface area (Å²) in [5.41, 5.74) is 4.42. The summed E-state index contributed by atoms with van der Waals surface area (Å²) >= 11 is 0. The van der Waals surface area contributed by atoms with Crippen LogP contribution in [0, 0.1) is 5.82 Å². The van der Waals surface area contributed by atoms with E-state index in [1.807, 2.05) is 18.2 Å². The van der Waals surface area contributed by atoms with Crippen molar-refractivity contribution >= 4 is 0 Å². The summed E-state index contributed by atoms with van der Waals surface area (Å²) in [5, 5.41) is 0. The first kappa shape index (κ1) is 13.5. The molecule has 1 aromatic heterocycles. The van der Waals surface area contributed by atoms with Gasteiger partial charge in [-0.2, -0.15) is 0 Å². The minimum atomic E-state index is -0.258. The van der Waals surface area contributed by atoms with Gasteiger partial charge in [-0.25, -0.2) is 9.37 Å². The molecule has 0 aliphatic heterocycles. The van der Waals surface area contributed by atoms with Gasteiger partial charge in [0.2, 0.25) is 5.88 Å². The zero-order valence-corrected chi connectivity index (χ0v) is 10.6. The average molecular weight is 261 g/mol. The number of hydrogen-bond donors (Lipinski definition) is 2. The number of hydrazine groups is 1. The third-order valence-corrected chi connectivity index (χ3v) is 2.90. The molecule has 0 radical (unpaired) electrons. The van der Waals surface area contributed by atoms with Crippen LogP contribution in [0.1, 0.15) is 17.2 Å². The van der Waals surface area contributed by atoms with E-state index in [1.165, 1.54) is 12.1 Å². The molecule has 1 heterocycles. The van der Waals surface area contributed by atoms with E-state index in [-0.39, 0.29) is 11.9 Å². The molecule has 0 saturated carbocycles. The zero-order valence-electron chi connectivity index (χ0n) is 10.6. The summed E-state index contributed by atoms with van der Waals surface area (Å²) in [4.78, 5) is 4.13. The number of rotatable bonds is 5. The van der Waals surface area contributed by atoms with Gasteiger partial charge in [0.05, 0.1) is 13.2 Å². The van der Waals surface area contributed by atoms with Crippen molar-refractivity contribution in [2.45, 2.75) is 12.5 Å². The van der Waals surface area contributed by atoms with Gasteiger partial charge < -0.3 is 4.74 Å². The molecule has 4 nitrogen and oxygen atoms in total. The van der Waals surface area contributed by atoms with E-state index in [0.717, 1.165) is 11.1 Å². The van der Waals surface area contributed by atoms with Crippen LogP contribution in [-0.4, -0.2) is 12.1 Å². The maximum Gasteiger partial charge on any atom is 0.217 e. The topological polar surface area (TPSA) is 60.2 Å². The molecule has 3 N–H and O–H groups in total. The van der Waals surface area contributed by atoms with E-state index in [0.29, 0.717) is 12.3 Å². The molecule has 2 aromatic rings. The van der Waals surface area contributed by atoms with Crippen molar-refractivity contribution in [2.24, 2.45) is 5.84 Å². The van der Waals surface area contributed by atoms with Gasteiger partial charge in [0, 0.05) is 11.8 Å². The monoisotopic (exact) mass is 261 g/mol. The molecule has 0 amide bonds. The van der Waals surface area contributed by atoms with Gasteiger partial charge in [-0.1, -0.05) is 18.2 Å². The van der Waals surface area contributed by atoms with Gasteiger partial charge in [-0.15, -0.1) is 0 Å². The highest BCUT2D eigenvalue weighted by Gasteiger charge is 2.16. The van der Waals surface area contributed by atoms with Crippen molar-refractivity contribution in [3.05, 3.63) is 59.5 Å². The first-order valence-corrected chi connectivity index (χ1v) is 5.94. The van der Waals surface area contributed by atoms with E-state index in [4.69, 9.17) is 10.6 Å². The van der Waals surface area contributed by atoms with Crippen LogP contribution < -0.4 is 16.0 Å². The van der Waals surface area contributed by atoms with Crippen LogP contribution >= 0.6 is 0 Å². The molecular formula is C14H16FN3O. The van der Waals surface area contributed by atoms with Crippen LogP contribution in [0.4, 0.5) is 4.39 Å². The Labute approximate surface area is 111 Å². The third-order valence-electron chi connectivity index (χ3n) is 2.90. The Bertz CT molecular complexity index is 548. The Balaban J connectivity index is 2.25. The lowest BCUT2D eigenvalue weighted by molar-refractivity contribution is 0.382. The number of pyridine rings is 1. The number of nitrogens with one attached hydrogen (secondary N) is 1. The van der Waals surface area contributed by atoms with Crippen molar-refractivity contribution in [3.63, 3.8) is 0 Å². The number of hydrogen-bond acceptors (Lipinski definition) is 4. The normalized spacial score (nSPS) is 12.2. The van der Waals surface area contributed by atoms with Crippen molar-refractivity contribution in [1.29, 1.82) is 0 Å². The third kappa shape index (κ3) is 3.27. The summed E-state index contributed by atoms with van der Waals surface area (Å²) in [6, 6.07) is 9.95. The minimum absolute atomic E-state index is 0.189. The van der Waals surface area contributed by atoms with E-state index in [2.05, 4.69) is 10.4 Å². The van der Waals surface area contributed by atoms with Crippen LogP contribution in [0.5, 0.6) is 5.88 Å². The summed E-state index contributed by atoms with van der Waals surface area (Å²) in [6.45, 7) is 0. The molecule has 100 valence electrons. The Morgan fingerprint density at radius 1 is 1.37 bits per heavy atom. The summed E-state index contributed by atoms with van der Waals surface area (Å²) in [5.74, 6) is 5.84. The fourth-order valence-electron chi connectivity index (χ4n) is 2.00. The first-order valence-electron chi connectivity index (χ1n) is 5.94. The average Bonchev–Trinajstić information content (AvgIpc) is 2.45. The molecule has 2 rings (SSSR count). The van der Waals surface area contributed by atoms with Gasteiger partial charge in [0.25, 0.3) is 0 Å². The van der Waals surface area contributed by atoms with Crippen molar-refractivity contribution in [2.75, 3.05) is 7.11 Å².